The van der Waals surface area contributed by atoms with Crippen LogP contribution in [0.1, 0.15) is 31.0 Å². The van der Waals surface area contributed by atoms with E-state index >= 15 is 0 Å². The van der Waals surface area contributed by atoms with Crippen molar-refractivity contribution >= 4 is 0 Å². The molecule has 2 saturated carbocycles. The topological polar surface area (TPSA) is 55.9 Å². The number of nitrogens with one attached hydrogen (secondary N) is 1. The zero-order chi connectivity index (χ0) is 13.5. The van der Waals surface area contributed by atoms with E-state index in [4.69, 9.17) is 5.84 Å². The Hall–Kier alpha value is -1.65. The summed E-state index contributed by atoms with van der Waals surface area (Å²) in [6.07, 6.45) is 5.91. The van der Waals surface area contributed by atoms with Crippen LogP contribution in [0.15, 0.2) is 42.6 Å². The summed E-state index contributed by atoms with van der Waals surface area (Å²) in [6.45, 7) is 0. The molecule has 0 radical (unpaired) electrons. The summed E-state index contributed by atoms with van der Waals surface area (Å²) in [5.74, 6) is 8.43. The largest absolute Gasteiger partial charge is 0.271 e. The minimum atomic E-state index is 0.200. The van der Waals surface area contributed by atoms with Crippen molar-refractivity contribution in [3.63, 3.8) is 0 Å². The van der Waals surface area contributed by atoms with Gasteiger partial charge in [-0.3, -0.25) is 11.3 Å². The van der Waals surface area contributed by atoms with E-state index in [1.807, 2.05) is 29.1 Å². The molecular weight excluding hydrogens is 248 g/mol. The van der Waals surface area contributed by atoms with Crippen LogP contribution in [0.3, 0.4) is 0 Å². The van der Waals surface area contributed by atoms with E-state index in [0.717, 1.165) is 17.5 Å². The fourth-order valence-corrected chi connectivity index (χ4v) is 3.83. The number of nitrogens with two attached hydrogens (primary N) is 1. The molecule has 3 N–H and O–H groups in total. The van der Waals surface area contributed by atoms with Crippen molar-refractivity contribution < 1.29 is 0 Å². The third kappa shape index (κ3) is 1.96. The first kappa shape index (κ1) is 12.1. The van der Waals surface area contributed by atoms with E-state index in [9.17, 15) is 0 Å². The van der Waals surface area contributed by atoms with Crippen LogP contribution >= 0.6 is 0 Å². The molecule has 0 spiro atoms. The van der Waals surface area contributed by atoms with Crippen molar-refractivity contribution in [3.8, 4) is 5.69 Å². The van der Waals surface area contributed by atoms with Gasteiger partial charge in [-0.2, -0.15) is 5.10 Å². The fraction of sp³-hybridized carbons (Fsp3) is 0.438. The number of hydrogen-bond acceptors (Lipinski definition) is 3. The Bertz CT molecular complexity index is 582. The van der Waals surface area contributed by atoms with Gasteiger partial charge in [0.05, 0.1) is 17.4 Å². The summed E-state index contributed by atoms with van der Waals surface area (Å²) in [5.41, 5.74) is 5.30. The molecule has 0 saturated heterocycles. The molecule has 0 amide bonds. The van der Waals surface area contributed by atoms with Gasteiger partial charge in [-0.1, -0.05) is 18.2 Å². The lowest BCUT2D eigenvalue weighted by Crippen LogP contribution is -2.34. The van der Waals surface area contributed by atoms with Gasteiger partial charge in [-0.05, 0) is 55.2 Å². The maximum atomic E-state index is 5.86. The Balaban J connectivity index is 1.65. The molecule has 4 heteroatoms. The second kappa shape index (κ2) is 4.72. The van der Waals surface area contributed by atoms with E-state index in [-0.39, 0.29) is 6.04 Å². The molecule has 20 heavy (non-hydrogen) atoms. The van der Waals surface area contributed by atoms with E-state index in [2.05, 4.69) is 28.7 Å². The fourth-order valence-electron chi connectivity index (χ4n) is 3.83. The second-order valence-corrected chi connectivity index (χ2v) is 6.14. The summed E-state index contributed by atoms with van der Waals surface area (Å²) in [4.78, 5) is 0. The van der Waals surface area contributed by atoms with E-state index in [1.165, 1.54) is 25.0 Å². The number of benzene rings is 1. The van der Waals surface area contributed by atoms with Crippen LogP contribution < -0.4 is 11.3 Å². The van der Waals surface area contributed by atoms with Crippen LogP contribution in [-0.2, 0) is 0 Å². The van der Waals surface area contributed by atoms with Gasteiger partial charge in [0.1, 0.15) is 0 Å². The summed E-state index contributed by atoms with van der Waals surface area (Å²) in [6, 6.07) is 12.5. The predicted molar refractivity (Wildman–Crippen MR) is 77.9 cm³/mol. The molecule has 2 aliphatic carbocycles. The van der Waals surface area contributed by atoms with Gasteiger partial charge in [0, 0.05) is 6.20 Å². The molecule has 4 nitrogen and oxygen atoms in total. The molecular formula is C16H20N4. The zero-order valence-corrected chi connectivity index (χ0v) is 11.4. The van der Waals surface area contributed by atoms with Crippen LogP contribution in [0.25, 0.3) is 5.69 Å². The number of para-hydroxylation sites is 1. The summed E-state index contributed by atoms with van der Waals surface area (Å²) < 4.78 is 2.01. The first-order valence-electron chi connectivity index (χ1n) is 7.42. The smallest absolute Gasteiger partial charge is 0.0661 e. The number of nitrogens with zero attached hydrogens (tertiary/aromatic N) is 2. The Morgan fingerprint density at radius 1 is 1.10 bits per heavy atom. The third-order valence-electron chi connectivity index (χ3n) is 4.92. The van der Waals surface area contributed by atoms with Crippen molar-refractivity contribution in [3.05, 3.63) is 48.3 Å². The molecule has 2 aromatic rings. The average molecular weight is 268 g/mol. The number of rotatable bonds is 4. The van der Waals surface area contributed by atoms with Gasteiger partial charge in [0.2, 0.25) is 0 Å². The van der Waals surface area contributed by atoms with Crippen LogP contribution in [0, 0.1) is 17.8 Å². The van der Waals surface area contributed by atoms with Gasteiger partial charge in [-0.15, -0.1) is 0 Å². The zero-order valence-electron chi connectivity index (χ0n) is 11.4. The van der Waals surface area contributed by atoms with Gasteiger partial charge in [0.25, 0.3) is 0 Å². The SMILES string of the molecule is NNC(c1ccnn1-c1ccccc1)C1CC2CC2C1. The molecule has 104 valence electrons. The summed E-state index contributed by atoms with van der Waals surface area (Å²) in [5, 5.41) is 4.48. The maximum Gasteiger partial charge on any atom is 0.0661 e. The van der Waals surface area contributed by atoms with Crippen molar-refractivity contribution in [1.82, 2.24) is 15.2 Å². The highest BCUT2D eigenvalue weighted by atomic mass is 15.3. The molecule has 0 bridgehead atoms. The van der Waals surface area contributed by atoms with Gasteiger partial charge < -0.3 is 0 Å². The predicted octanol–water partition coefficient (Wildman–Crippen LogP) is 2.42. The molecule has 1 heterocycles. The lowest BCUT2D eigenvalue weighted by atomic mass is 9.92. The third-order valence-corrected chi connectivity index (χ3v) is 4.92. The van der Waals surface area contributed by atoms with Crippen LogP contribution in [-0.4, -0.2) is 9.78 Å². The standard InChI is InChI=1S/C16H20N4/c17-19-16(13-9-11-8-12(11)10-13)15-6-7-18-20(15)14-4-2-1-3-5-14/h1-7,11-13,16,19H,8-10,17H2. The Morgan fingerprint density at radius 3 is 2.55 bits per heavy atom. The Kier molecular flexibility index (Phi) is 2.86. The van der Waals surface area contributed by atoms with Gasteiger partial charge in [0.15, 0.2) is 0 Å². The summed E-state index contributed by atoms with van der Waals surface area (Å²) >= 11 is 0. The van der Waals surface area contributed by atoms with Crippen molar-refractivity contribution in [2.45, 2.75) is 25.3 Å². The van der Waals surface area contributed by atoms with Crippen LogP contribution in [0.4, 0.5) is 0 Å². The number of fused-ring (bicyclic) bond motifs is 1. The Labute approximate surface area is 118 Å². The molecule has 2 fully saturated rings. The first-order chi connectivity index (χ1) is 9.86. The minimum absolute atomic E-state index is 0.200. The molecule has 0 aliphatic heterocycles. The highest BCUT2D eigenvalue weighted by molar-refractivity contribution is 5.33. The summed E-state index contributed by atoms with van der Waals surface area (Å²) in [7, 11) is 0. The lowest BCUT2D eigenvalue weighted by Gasteiger charge is -2.25. The highest BCUT2D eigenvalue weighted by Crippen LogP contribution is 2.57. The van der Waals surface area contributed by atoms with Crippen molar-refractivity contribution in [2.24, 2.45) is 23.6 Å². The molecule has 3 unspecified atom stereocenters. The van der Waals surface area contributed by atoms with E-state index in [0.29, 0.717) is 5.92 Å². The maximum absolute atomic E-state index is 5.86. The highest BCUT2D eigenvalue weighted by Gasteiger charge is 2.48. The molecule has 3 atom stereocenters. The quantitative estimate of drug-likeness (QED) is 0.661. The second-order valence-electron chi connectivity index (χ2n) is 6.14. The van der Waals surface area contributed by atoms with E-state index < -0.39 is 0 Å². The average Bonchev–Trinajstić information content (AvgIpc) is 2.92. The molecule has 4 rings (SSSR count). The molecule has 1 aromatic carbocycles. The monoisotopic (exact) mass is 268 g/mol. The lowest BCUT2D eigenvalue weighted by molar-refractivity contribution is 0.334. The first-order valence-corrected chi connectivity index (χ1v) is 7.42. The normalized spacial score (nSPS) is 29.1. The van der Waals surface area contributed by atoms with Gasteiger partial charge >= 0.3 is 0 Å². The van der Waals surface area contributed by atoms with Crippen molar-refractivity contribution in [1.29, 1.82) is 0 Å². The molecule has 2 aliphatic rings. The Morgan fingerprint density at radius 2 is 1.85 bits per heavy atom. The minimum Gasteiger partial charge on any atom is -0.271 e. The number of hydrazine groups is 1. The molecule has 1 aromatic heterocycles. The van der Waals surface area contributed by atoms with E-state index in [1.54, 1.807) is 0 Å². The number of aromatic nitrogens is 2. The van der Waals surface area contributed by atoms with Crippen LogP contribution in [0.5, 0.6) is 0 Å². The van der Waals surface area contributed by atoms with Crippen molar-refractivity contribution in [2.75, 3.05) is 0 Å². The van der Waals surface area contributed by atoms with Gasteiger partial charge in [-0.25, -0.2) is 4.68 Å². The number of hydrogen-bond donors (Lipinski definition) is 2. The van der Waals surface area contributed by atoms with Crippen LogP contribution in [0.2, 0.25) is 0 Å².